The highest BCUT2D eigenvalue weighted by atomic mass is 127. The lowest BCUT2D eigenvalue weighted by Crippen LogP contribution is -2.63. The minimum atomic E-state index is -3.19. The number of hydrogen-bond acceptors (Lipinski definition) is 5. The van der Waals surface area contributed by atoms with Gasteiger partial charge in [-0.15, -0.1) is 24.0 Å². The lowest BCUT2D eigenvalue weighted by Gasteiger charge is -2.40. The lowest BCUT2D eigenvalue weighted by molar-refractivity contribution is 0.00701. The largest absolute Gasteiger partial charge is 0.444 e. The van der Waals surface area contributed by atoms with E-state index < -0.39 is 15.4 Å². The molecule has 158 valence electrons. The first-order valence-electron chi connectivity index (χ1n) is 8.72. The topological polar surface area (TPSA) is 100 Å². The van der Waals surface area contributed by atoms with Gasteiger partial charge in [-0.1, -0.05) is 12.1 Å². The first-order chi connectivity index (χ1) is 12.5. The second-order valence-corrected chi connectivity index (χ2v) is 9.58. The van der Waals surface area contributed by atoms with E-state index in [0.29, 0.717) is 30.5 Å². The van der Waals surface area contributed by atoms with Gasteiger partial charge in [-0.25, -0.2) is 13.2 Å². The normalized spacial score (nSPS) is 15.3. The molecule has 2 rings (SSSR count). The van der Waals surface area contributed by atoms with E-state index in [1.165, 1.54) is 6.26 Å². The Morgan fingerprint density at radius 2 is 1.82 bits per heavy atom. The lowest BCUT2D eigenvalue weighted by atomic mass is 10.1. The molecule has 1 saturated heterocycles. The minimum absolute atomic E-state index is 0. The van der Waals surface area contributed by atoms with Gasteiger partial charge in [0.1, 0.15) is 5.60 Å². The van der Waals surface area contributed by atoms with E-state index in [4.69, 9.17) is 4.74 Å². The number of nitrogens with one attached hydrogen (secondary N) is 2. The molecule has 0 aliphatic carbocycles. The van der Waals surface area contributed by atoms with Crippen molar-refractivity contribution in [2.45, 2.75) is 43.9 Å². The highest BCUT2D eigenvalue weighted by Crippen LogP contribution is 2.15. The number of hydrogen-bond donors (Lipinski definition) is 2. The number of rotatable bonds is 4. The third-order valence-electron chi connectivity index (χ3n) is 3.91. The van der Waals surface area contributed by atoms with Gasteiger partial charge in [0, 0.05) is 32.9 Å². The zero-order valence-electron chi connectivity index (χ0n) is 16.9. The molecule has 0 atom stereocenters. The summed E-state index contributed by atoms with van der Waals surface area (Å²) < 4.78 is 28.3. The van der Waals surface area contributed by atoms with Crippen LogP contribution in [0.3, 0.4) is 0 Å². The zero-order valence-corrected chi connectivity index (χ0v) is 20.0. The average Bonchev–Trinajstić information content (AvgIpc) is 2.51. The van der Waals surface area contributed by atoms with E-state index in [0.717, 1.165) is 5.56 Å². The van der Waals surface area contributed by atoms with Crippen LogP contribution in [0.15, 0.2) is 34.2 Å². The maximum atomic E-state index is 11.9. The number of aliphatic imine (C=N–C) groups is 1. The third kappa shape index (κ3) is 7.46. The molecular weight excluding hydrogens is 495 g/mol. The average molecular weight is 524 g/mol. The number of likely N-dealkylation sites (tertiary alicyclic amines) is 1. The summed E-state index contributed by atoms with van der Waals surface area (Å²) in [6.07, 6.45) is 0.875. The van der Waals surface area contributed by atoms with E-state index in [-0.39, 0.29) is 36.1 Å². The molecule has 0 aromatic heterocycles. The second-order valence-electron chi connectivity index (χ2n) is 7.57. The van der Waals surface area contributed by atoms with Gasteiger partial charge in [0.2, 0.25) is 0 Å². The Morgan fingerprint density at radius 1 is 1.25 bits per heavy atom. The van der Waals surface area contributed by atoms with Gasteiger partial charge in [0.05, 0.1) is 10.9 Å². The van der Waals surface area contributed by atoms with E-state index in [2.05, 4.69) is 15.6 Å². The first-order valence-corrected chi connectivity index (χ1v) is 10.6. The molecule has 0 bridgehead atoms. The molecule has 0 radical (unpaired) electrons. The number of benzene rings is 1. The maximum Gasteiger partial charge on any atom is 0.410 e. The van der Waals surface area contributed by atoms with Crippen molar-refractivity contribution in [3.63, 3.8) is 0 Å². The van der Waals surface area contributed by atoms with Crippen LogP contribution in [0.1, 0.15) is 26.3 Å². The highest BCUT2D eigenvalue weighted by molar-refractivity contribution is 14.0. The summed E-state index contributed by atoms with van der Waals surface area (Å²) in [5.41, 5.74) is 0.439. The molecule has 8 nitrogen and oxygen atoms in total. The molecule has 1 aromatic carbocycles. The van der Waals surface area contributed by atoms with E-state index >= 15 is 0 Å². The quantitative estimate of drug-likeness (QED) is 0.355. The molecule has 0 unspecified atom stereocenters. The molecule has 0 saturated carbocycles. The van der Waals surface area contributed by atoms with Gasteiger partial charge < -0.3 is 20.3 Å². The predicted octanol–water partition coefficient (Wildman–Crippen LogP) is 1.99. The number of amides is 1. The summed E-state index contributed by atoms with van der Waals surface area (Å²) in [6, 6.07) is 6.82. The molecule has 1 heterocycles. The molecule has 0 spiro atoms. The van der Waals surface area contributed by atoms with E-state index in [9.17, 15) is 13.2 Å². The van der Waals surface area contributed by atoms with Gasteiger partial charge in [0.15, 0.2) is 15.8 Å². The Morgan fingerprint density at radius 3 is 2.29 bits per heavy atom. The van der Waals surface area contributed by atoms with E-state index in [1.807, 2.05) is 20.8 Å². The fraction of sp³-hybridized carbons (Fsp3) is 0.556. The fourth-order valence-electron chi connectivity index (χ4n) is 2.47. The monoisotopic (exact) mass is 524 g/mol. The molecule has 1 aliphatic rings. The standard InChI is InChI=1S/C18H28N4O4S.HI/c1-18(2,3)26-17(23)22-11-14(12-22)21-16(19-4)20-10-13-6-8-15(9-7-13)27(5,24)25;/h6-9,14H,10-12H2,1-5H3,(H2,19,20,21);1H. The van der Waals surface area contributed by atoms with Crippen LogP contribution in [0.4, 0.5) is 4.79 Å². The van der Waals surface area contributed by atoms with Crippen molar-refractivity contribution >= 4 is 45.9 Å². The fourth-order valence-corrected chi connectivity index (χ4v) is 3.10. The van der Waals surface area contributed by atoms with Crippen LogP contribution < -0.4 is 10.6 Å². The van der Waals surface area contributed by atoms with E-state index in [1.54, 1.807) is 36.2 Å². The zero-order chi connectivity index (χ0) is 20.2. The molecule has 1 amide bonds. The molecule has 2 N–H and O–H groups in total. The van der Waals surface area contributed by atoms with Crippen molar-refractivity contribution in [2.24, 2.45) is 4.99 Å². The van der Waals surface area contributed by atoms with Gasteiger partial charge in [0.25, 0.3) is 0 Å². The van der Waals surface area contributed by atoms with Gasteiger partial charge in [-0.05, 0) is 38.5 Å². The Labute approximate surface area is 184 Å². The van der Waals surface area contributed by atoms with Crippen molar-refractivity contribution < 1.29 is 17.9 Å². The second kappa shape index (κ2) is 9.77. The highest BCUT2D eigenvalue weighted by Gasteiger charge is 2.34. The summed E-state index contributed by atoms with van der Waals surface area (Å²) in [5, 5.41) is 6.43. The SMILES string of the molecule is CN=C(NCc1ccc(S(C)(=O)=O)cc1)NC1CN(C(=O)OC(C)(C)C)C1.I. The van der Waals surface area contributed by atoms with Crippen LogP contribution >= 0.6 is 24.0 Å². The molecule has 1 aromatic rings. The number of carbonyl (C=O) groups excluding carboxylic acids is 1. The van der Waals surface area contributed by atoms with Gasteiger partial charge in [-0.2, -0.15) is 0 Å². The first kappa shape index (κ1) is 24.5. The maximum absolute atomic E-state index is 11.9. The molecular formula is C18H29IN4O4S. The van der Waals surface area contributed by atoms with Crippen molar-refractivity contribution in [1.82, 2.24) is 15.5 Å². The summed E-state index contributed by atoms with van der Waals surface area (Å²) in [5.74, 6) is 0.621. The third-order valence-corrected chi connectivity index (χ3v) is 5.04. The number of halogens is 1. The number of nitrogens with zero attached hydrogens (tertiary/aromatic N) is 2. The summed E-state index contributed by atoms with van der Waals surface area (Å²) >= 11 is 0. The number of sulfone groups is 1. The minimum Gasteiger partial charge on any atom is -0.444 e. The number of ether oxygens (including phenoxy) is 1. The van der Waals surface area contributed by atoms with Gasteiger partial charge in [-0.3, -0.25) is 4.99 Å². The number of carbonyl (C=O) groups is 1. The smallest absolute Gasteiger partial charge is 0.410 e. The number of guanidine groups is 1. The Kier molecular flexibility index (Phi) is 8.54. The van der Waals surface area contributed by atoms with Crippen molar-refractivity contribution in [3.05, 3.63) is 29.8 Å². The van der Waals surface area contributed by atoms with Gasteiger partial charge >= 0.3 is 6.09 Å². The van der Waals surface area contributed by atoms with Crippen LogP contribution in [0.2, 0.25) is 0 Å². The Balaban J connectivity index is 0.00000392. The van der Waals surface area contributed by atoms with Crippen LogP contribution in [-0.2, 0) is 21.1 Å². The molecule has 1 fully saturated rings. The molecule has 10 heteroatoms. The summed E-state index contributed by atoms with van der Waals surface area (Å²) in [7, 11) is -1.52. The van der Waals surface area contributed by atoms with Crippen molar-refractivity contribution in [1.29, 1.82) is 0 Å². The van der Waals surface area contributed by atoms with Crippen LogP contribution in [0.5, 0.6) is 0 Å². The van der Waals surface area contributed by atoms with Crippen LogP contribution in [0, 0.1) is 0 Å². The van der Waals surface area contributed by atoms with Crippen LogP contribution in [0.25, 0.3) is 0 Å². The van der Waals surface area contributed by atoms with Crippen LogP contribution in [-0.4, -0.2) is 63.4 Å². The Bertz CT molecular complexity index is 798. The van der Waals surface area contributed by atoms with Crippen molar-refractivity contribution in [3.8, 4) is 0 Å². The summed E-state index contributed by atoms with van der Waals surface area (Å²) in [6.45, 7) is 7.14. The molecule has 1 aliphatic heterocycles. The van der Waals surface area contributed by atoms with Crippen molar-refractivity contribution in [2.75, 3.05) is 26.4 Å². The summed E-state index contributed by atoms with van der Waals surface area (Å²) in [4.78, 5) is 18.0. The predicted molar refractivity (Wildman–Crippen MR) is 120 cm³/mol. The Hall–Kier alpha value is -1.56. The molecule has 28 heavy (non-hydrogen) atoms.